The minimum Gasteiger partial charge on any atom is -0.493 e. The number of hydrogen-bond acceptors (Lipinski definition) is 6. The van der Waals surface area contributed by atoms with Gasteiger partial charge < -0.3 is 9.47 Å². The van der Waals surface area contributed by atoms with E-state index in [1.807, 2.05) is 43.5 Å². The van der Waals surface area contributed by atoms with Crippen LogP contribution in [0.5, 0.6) is 5.75 Å². The zero-order chi connectivity index (χ0) is 20.4. The Balaban J connectivity index is 1.85. The molecule has 1 aromatic heterocycles. The number of rotatable bonds is 12. The van der Waals surface area contributed by atoms with Crippen LogP contribution >= 0.6 is 0 Å². The Kier molecular flexibility index (Phi) is 8.89. The van der Waals surface area contributed by atoms with Crippen molar-refractivity contribution in [2.75, 3.05) is 26.1 Å². The van der Waals surface area contributed by atoms with Crippen molar-refractivity contribution in [3.05, 3.63) is 59.4 Å². The van der Waals surface area contributed by atoms with Gasteiger partial charge in [-0.25, -0.2) is 0 Å². The molecule has 0 fully saturated rings. The van der Waals surface area contributed by atoms with E-state index in [1.165, 1.54) is 5.56 Å². The van der Waals surface area contributed by atoms with Gasteiger partial charge in [0.2, 0.25) is 0 Å². The van der Waals surface area contributed by atoms with Gasteiger partial charge in [-0.05, 0) is 42.7 Å². The first-order valence-electron chi connectivity index (χ1n) is 9.53. The molecular weight excluding hydrogens is 378 g/mol. The standard InChI is InChI=1S/C21H29NO5S/c1-4-17-6-9-19(22-16-17)12-14-26-20-10-7-18(8-11-20)21(25-5-2)13-15-27-28(3,23)24/h6-11,16,21H,4-5,12-15H2,1-3H3. The maximum absolute atomic E-state index is 11.1. The Bertz CT molecular complexity index is 804. The molecule has 0 radical (unpaired) electrons. The molecule has 0 aliphatic rings. The molecule has 0 N–H and O–H groups in total. The second-order valence-electron chi connectivity index (χ2n) is 6.44. The number of aryl methyl sites for hydroxylation is 1. The predicted octanol–water partition coefficient (Wildman–Crippen LogP) is 3.71. The summed E-state index contributed by atoms with van der Waals surface area (Å²) in [6.45, 7) is 5.19. The van der Waals surface area contributed by atoms with Crippen molar-refractivity contribution in [2.24, 2.45) is 0 Å². The van der Waals surface area contributed by atoms with Crippen molar-refractivity contribution in [1.82, 2.24) is 4.98 Å². The van der Waals surface area contributed by atoms with Gasteiger partial charge in [0, 0.05) is 31.3 Å². The first kappa shape index (κ1) is 22.3. The van der Waals surface area contributed by atoms with Crippen molar-refractivity contribution < 1.29 is 22.1 Å². The lowest BCUT2D eigenvalue weighted by Crippen LogP contribution is -2.11. The monoisotopic (exact) mass is 407 g/mol. The molecule has 1 unspecified atom stereocenters. The number of nitrogens with zero attached hydrogens (tertiary/aromatic N) is 1. The fraction of sp³-hybridized carbons (Fsp3) is 0.476. The lowest BCUT2D eigenvalue weighted by atomic mass is 10.1. The maximum Gasteiger partial charge on any atom is 0.264 e. The summed E-state index contributed by atoms with van der Waals surface area (Å²) in [5.74, 6) is 0.775. The molecule has 0 spiro atoms. The Morgan fingerprint density at radius 2 is 1.79 bits per heavy atom. The highest BCUT2D eigenvalue weighted by molar-refractivity contribution is 7.85. The molecule has 1 aromatic carbocycles. The first-order valence-corrected chi connectivity index (χ1v) is 11.4. The van der Waals surface area contributed by atoms with E-state index in [2.05, 4.69) is 18.0 Å². The van der Waals surface area contributed by atoms with Gasteiger partial charge >= 0.3 is 0 Å². The van der Waals surface area contributed by atoms with Crippen LogP contribution in [-0.2, 0) is 31.9 Å². The van der Waals surface area contributed by atoms with Gasteiger partial charge in [0.15, 0.2) is 0 Å². The van der Waals surface area contributed by atoms with Crippen LogP contribution in [0.2, 0.25) is 0 Å². The average Bonchev–Trinajstić information content (AvgIpc) is 2.67. The van der Waals surface area contributed by atoms with E-state index < -0.39 is 10.1 Å². The summed E-state index contributed by atoms with van der Waals surface area (Å²) in [5.41, 5.74) is 3.20. The van der Waals surface area contributed by atoms with Crippen molar-refractivity contribution in [2.45, 2.75) is 39.2 Å². The molecule has 0 aliphatic heterocycles. The molecular formula is C21H29NO5S. The highest BCUT2D eigenvalue weighted by Gasteiger charge is 2.13. The van der Waals surface area contributed by atoms with Crippen LogP contribution in [0.4, 0.5) is 0 Å². The molecule has 1 heterocycles. The number of benzene rings is 1. The van der Waals surface area contributed by atoms with Gasteiger partial charge in [-0.15, -0.1) is 0 Å². The van der Waals surface area contributed by atoms with Gasteiger partial charge in [-0.2, -0.15) is 8.42 Å². The second kappa shape index (κ2) is 11.1. The molecule has 0 aliphatic carbocycles. The molecule has 0 amide bonds. The van der Waals surface area contributed by atoms with Crippen LogP contribution in [0.15, 0.2) is 42.6 Å². The zero-order valence-electron chi connectivity index (χ0n) is 16.8. The third kappa shape index (κ3) is 7.96. The maximum atomic E-state index is 11.1. The molecule has 1 atom stereocenters. The second-order valence-corrected chi connectivity index (χ2v) is 8.08. The minimum absolute atomic E-state index is 0.0889. The Hall–Kier alpha value is -1.96. The van der Waals surface area contributed by atoms with Crippen LogP contribution in [0.3, 0.4) is 0 Å². The predicted molar refractivity (Wildman–Crippen MR) is 109 cm³/mol. The zero-order valence-corrected chi connectivity index (χ0v) is 17.6. The summed E-state index contributed by atoms with van der Waals surface area (Å²) in [7, 11) is -3.44. The smallest absolute Gasteiger partial charge is 0.264 e. The van der Waals surface area contributed by atoms with Gasteiger partial charge in [-0.1, -0.05) is 25.1 Å². The fourth-order valence-electron chi connectivity index (χ4n) is 2.72. The van der Waals surface area contributed by atoms with Gasteiger partial charge in [0.1, 0.15) is 5.75 Å². The molecule has 28 heavy (non-hydrogen) atoms. The average molecular weight is 408 g/mol. The quantitative estimate of drug-likeness (QED) is 0.499. The Morgan fingerprint density at radius 3 is 2.36 bits per heavy atom. The minimum atomic E-state index is -3.44. The summed E-state index contributed by atoms with van der Waals surface area (Å²) in [6.07, 6.45) is 4.92. The number of aromatic nitrogens is 1. The van der Waals surface area contributed by atoms with Crippen molar-refractivity contribution >= 4 is 10.1 Å². The summed E-state index contributed by atoms with van der Waals surface area (Å²) < 4.78 is 38.5. The van der Waals surface area contributed by atoms with Crippen molar-refractivity contribution in [3.8, 4) is 5.75 Å². The normalized spacial score (nSPS) is 12.7. The van der Waals surface area contributed by atoms with Crippen LogP contribution in [0.25, 0.3) is 0 Å². The van der Waals surface area contributed by atoms with Gasteiger partial charge in [0.05, 0.1) is 25.6 Å². The van der Waals surface area contributed by atoms with E-state index in [9.17, 15) is 8.42 Å². The first-order chi connectivity index (χ1) is 13.4. The number of ether oxygens (including phenoxy) is 2. The molecule has 0 saturated carbocycles. The van der Waals surface area contributed by atoms with E-state index in [4.69, 9.17) is 13.7 Å². The highest BCUT2D eigenvalue weighted by Crippen LogP contribution is 2.24. The van der Waals surface area contributed by atoms with Crippen LogP contribution in [0.1, 0.15) is 43.2 Å². The van der Waals surface area contributed by atoms with E-state index in [-0.39, 0.29) is 12.7 Å². The highest BCUT2D eigenvalue weighted by atomic mass is 32.2. The van der Waals surface area contributed by atoms with E-state index in [0.717, 1.165) is 36.1 Å². The molecule has 0 bridgehead atoms. The molecule has 2 aromatic rings. The topological polar surface area (TPSA) is 74.7 Å². The number of hydrogen-bond donors (Lipinski definition) is 0. The summed E-state index contributed by atoms with van der Waals surface area (Å²) in [4.78, 5) is 4.43. The Labute approximate surface area is 168 Å². The molecule has 0 saturated heterocycles. The van der Waals surface area contributed by atoms with Crippen molar-refractivity contribution in [1.29, 1.82) is 0 Å². The third-order valence-corrected chi connectivity index (χ3v) is 4.81. The largest absolute Gasteiger partial charge is 0.493 e. The van der Waals surface area contributed by atoms with Crippen LogP contribution in [0, 0.1) is 0 Å². The molecule has 7 heteroatoms. The van der Waals surface area contributed by atoms with E-state index in [1.54, 1.807) is 0 Å². The fourth-order valence-corrected chi connectivity index (χ4v) is 3.12. The van der Waals surface area contributed by atoms with E-state index >= 15 is 0 Å². The molecule has 2 rings (SSSR count). The lowest BCUT2D eigenvalue weighted by Gasteiger charge is -2.17. The van der Waals surface area contributed by atoms with Gasteiger partial charge in [0.25, 0.3) is 10.1 Å². The lowest BCUT2D eigenvalue weighted by molar-refractivity contribution is 0.0466. The Morgan fingerprint density at radius 1 is 1.04 bits per heavy atom. The summed E-state index contributed by atoms with van der Waals surface area (Å²) in [6, 6.07) is 11.8. The van der Waals surface area contributed by atoms with Crippen LogP contribution in [-0.4, -0.2) is 39.5 Å². The van der Waals surface area contributed by atoms with Gasteiger partial charge in [-0.3, -0.25) is 9.17 Å². The molecule has 6 nitrogen and oxygen atoms in total. The summed E-state index contributed by atoms with van der Waals surface area (Å²) in [5, 5.41) is 0. The summed E-state index contributed by atoms with van der Waals surface area (Å²) >= 11 is 0. The van der Waals surface area contributed by atoms with Crippen molar-refractivity contribution in [3.63, 3.8) is 0 Å². The van der Waals surface area contributed by atoms with E-state index in [0.29, 0.717) is 19.6 Å². The number of pyridine rings is 1. The SMILES string of the molecule is CCOC(CCOS(C)(=O)=O)c1ccc(OCCc2ccc(CC)cn2)cc1. The van der Waals surface area contributed by atoms with Crippen LogP contribution < -0.4 is 4.74 Å². The third-order valence-electron chi connectivity index (χ3n) is 4.22. The molecule has 154 valence electrons.